The van der Waals surface area contributed by atoms with Gasteiger partial charge in [0.05, 0.1) is 0 Å². The van der Waals surface area contributed by atoms with Gasteiger partial charge in [-0.15, -0.1) is 0 Å². The van der Waals surface area contributed by atoms with Crippen LogP contribution in [0.25, 0.3) is 0 Å². The Labute approximate surface area is 175 Å². The quantitative estimate of drug-likeness (QED) is 0.684. The lowest BCUT2D eigenvalue weighted by Crippen LogP contribution is -3.00. The molecule has 1 amide bonds. The van der Waals surface area contributed by atoms with Gasteiger partial charge in [-0.1, -0.05) is 0 Å². The second-order valence-electron chi connectivity index (χ2n) is 9.33. The van der Waals surface area contributed by atoms with Gasteiger partial charge in [0.15, 0.2) is 0 Å². The first-order valence-electron chi connectivity index (χ1n) is 10.7. The number of anilines is 1. The zero-order valence-corrected chi connectivity index (χ0v) is 17.3. The van der Waals surface area contributed by atoms with Crippen LogP contribution >= 0.6 is 0 Å². The minimum atomic E-state index is -0.0158. The first-order valence-corrected chi connectivity index (χ1v) is 10.7. The molecule has 6 rings (SSSR count). The molecule has 4 aliphatic carbocycles. The van der Waals surface area contributed by atoms with Crippen molar-refractivity contribution in [1.82, 2.24) is 20.2 Å². The van der Waals surface area contributed by atoms with E-state index in [0.29, 0.717) is 5.91 Å². The zero-order chi connectivity index (χ0) is 18.3. The summed E-state index contributed by atoms with van der Waals surface area (Å²) in [7, 11) is 0. The summed E-state index contributed by atoms with van der Waals surface area (Å²) < 4.78 is 0. The normalized spacial score (nSPS) is 34.1. The Morgan fingerprint density at radius 2 is 1.61 bits per heavy atom. The van der Waals surface area contributed by atoms with Gasteiger partial charge >= 0.3 is 1.43 Å². The first kappa shape index (κ1) is 19.9. The molecule has 0 spiro atoms. The van der Waals surface area contributed by atoms with Crippen LogP contribution in [0.3, 0.4) is 0 Å². The SMILES string of the molecule is O=C(NCCN1CCN(c2ncccn2)CC1)C12CC3CC(CC(C3)C1)C2.[Cl-].[H+]. The number of rotatable bonds is 5. The van der Waals surface area contributed by atoms with Gasteiger partial charge in [-0.2, -0.15) is 0 Å². The number of hydrogen-bond acceptors (Lipinski definition) is 5. The summed E-state index contributed by atoms with van der Waals surface area (Å²) >= 11 is 0. The van der Waals surface area contributed by atoms with Crippen LogP contribution in [0.4, 0.5) is 5.95 Å². The molecule has 5 fully saturated rings. The molecule has 7 heteroatoms. The Kier molecular flexibility index (Phi) is 5.79. The summed E-state index contributed by atoms with van der Waals surface area (Å²) in [4.78, 5) is 26.4. The Hall–Kier alpha value is -1.40. The van der Waals surface area contributed by atoms with Crippen molar-refractivity contribution in [3.8, 4) is 0 Å². The lowest BCUT2D eigenvalue weighted by Gasteiger charge is -2.55. The number of nitrogens with zero attached hydrogens (tertiary/aromatic N) is 4. The van der Waals surface area contributed by atoms with E-state index < -0.39 is 0 Å². The third kappa shape index (κ3) is 3.86. The number of halogens is 1. The van der Waals surface area contributed by atoms with Crippen LogP contribution in [-0.2, 0) is 4.79 Å². The summed E-state index contributed by atoms with van der Waals surface area (Å²) in [6.07, 6.45) is 11.2. The average Bonchev–Trinajstić information content (AvgIpc) is 2.68. The fourth-order valence-corrected chi connectivity index (χ4v) is 6.53. The van der Waals surface area contributed by atoms with Gasteiger partial charge < -0.3 is 22.6 Å². The molecule has 0 aromatic carbocycles. The van der Waals surface area contributed by atoms with E-state index in [1.54, 1.807) is 12.4 Å². The van der Waals surface area contributed by atoms with E-state index in [9.17, 15) is 4.79 Å². The van der Waals surface area contributed by atoms with Crippen molar-refractivity contribution in [3.05, 3.63) is 18.5 Å². The molecule has 28 heavy (non-hydrogen) atoms. The average molecular weight is 406 g/mol. The van der Waals surface area contributed by atoms with E-state index in [1.807, 2.05) is 6.07 Å². The first-order chi connectivity index (χ1) is 13.2. The molecule has 4 saturated carbocycles. The summed E-state index contributed by atoms with van der Waals surface area (Å²) in [5.74, 6) is 3.67. The monoisotopic (exact) mass is 405 g/mol. The Balaban J connectivity index is 0.00000120. The molecule has 0 radical (unpaired) electrons. The topological polar surface area (TPSA) is 61.4 Å². The van der Waals surface area contributed by atoms with Gasteiger partial charge in [0.2, 0.25) is 11.9 Å². The van der Waals surface area contributed by atoms with E-state index in [0.717, 1.165) is 82.2 Å². The fraction of sp³-hybridized carbons (Fsp3) is 0.762. The number of amides is 1. The third-order valence-corrected chi connectivity index (χ3v) is 7.44. The zero-order valence-electron chi connectivity index (χ0n) is 17.5. The van der Waals surface area contributed by atoms with Crippen LogP contribution in [0, 0.1) is 23.2 Å². The van der Waals surface area contributed by atoms with Crippen LogP contribution < -0.4 is 22.6 Å². The fourth-order valence-electron chi connectivity index (χ4n) is 6.53. The molecule has 1 N–H and O–H groups in total. The maximum Gasteiger partial charge on any atom is 1.00 e. The maximum atomic E-state index is 13.0. The number of nitrogens with one attached hydrogen (secondary N) is 1. The Morgan fingerprint density at radius 3 is 2.18 bits per heavy atom. The molecule has 1 aromatic heterocycles. The molecule has 0 atom stereocenters. The summed E-state index contributed by atoms with van der Waals surface area (Å²) in [5, 5.41) is 3.31. The van der Waals surface area contributed by atoms with Gasteiger partial charge in [0.1, 0.15) is 0 Å². The number of carbonyl (C=O) groups is 1. The van der Waals surface area contributed by atoms with Crippen LogP contribution in [0.5, 0.6) is 0 Å². The highest BCUT2D eigenvalue weighted by atomic mass is 35.5. The van der Waals surface area contributed by atoms with E-state index in [1.165, 1.54) is 19.3 Å². The smallest absolute Gasteiger partial charge is 1.00 e. The second kappa shape index (κ2) is 8.15. The highest BCUT2D eigenvalue weighted by molar-refractivity contribution is 5.83. The van der Waals surface area contributed by atoms with Crippen molar-refractivity contribution in [2.24, 2.45) is 23.2 Å². The molecule has 1 saturated heterocycles. The van der Waals surface area contributed by atoms with Gasteiger partial charge in [-0.25, -0.2) is 9.97 Å². The van der Waals surface area contributed by atoms with Crippen molar-refractivity contribution in [2.45, 2.75) is 38.5 Å². The molecular formula is C21H32ClN5O. The predicted molar refractivity (Wildman–Crippen MR) is 105 cm³/mol. The van der Waals surface area contributed by atoms with Crippen molar-refractivity contribution >= 4 is 11.9 Å². The van der Waals surface area contributed by atoms with Crippen molar-refractivity contribution in [1.29, 1.82) is 0 Å². The lowest BCUT2D eigenvalue weighted by molar-refractivity contribution is -0.146. The predicted octanol–water partition coefficient (Wildman–Crippen LogP) is -0.952. The minimum absolute atomic E-state index is 0. The van der Waals surface area contributed by atoms with E-state index in [-0.39, 0.29) is 19.2 Å². The molecule has 0 unspecified atom stereocenters. The summed E-state index contributed by atoms with van der Waals surface area (Å²) in [5.41, 5.74) is -0.0158. The standard InChI is InChI=1S/C21H31N5O.ClH/c27-19(21-13-16-10-17(14-21)12-18(11-16)15-21)22-4-5-25-6-8-26(9-7-25)20-23-2-1-3-24-20;/h1-3,16-18H,4-15H2,(H,22,27);1H. The summed E-state index contributed by atoms with van der Waals surface area (Å²) in [6.45, 7) is 5.64. The van der Waals surface area contributed by atoms with Gasteiger partial charge in [-0.05, 0) is 62.3 Å². The van der Waals surface area contributed by atoms with E-state index >= 15 is 0 Å². The molecule has 1 aromatic rings. The van der Waals surface area contributed by atoms with Crippen LogP contribution in [0.2, 0.25) is 0 Å². The minimum Gasteiger partial charge on any atom is -1.00 e. The maximum absolute atomic E-state index is 13.0. The second-order valence-corrected chi connectivity index (χ2v) is 9.33. The highest BCUT2D eigenvalue weighted by Crippen LogP contribution is 2.60. The summed E-state index contributed by atoms with van der Waals surface area (Å²) in [6, 6.07) is 1.85. The molecule has 6 nitrogen and oxygen atoms in total. The molecule has 5 aliphatic rings. The van der Waals surface area contributed by atoms with Crippen LogP contribution in [-0.4, -0.2) is 60.0 Å². The van der Waals surface area contributed by atoms with Gasteiger partial charge in [0, 0.05) is 57.1 Å². The highest BCUT2D eigenvalue weighted by Gasteiger charge is 2.54. The Morgan fingerprint density at radius 1 is 1.04 bits per heavy atom. The van der Waals surface area contributed by atoms with Gasteiger partial charge in [0.25, 0.3) is 0 Å². The Bertz CT molecular complexity index is 648. The molecule has 1 aliphatic heterocycles. The number of piperazine rings is 1. The lowest BCUT2D eigenvalue weighted by atomic mass is 9.49. The number of carbonyl (C=O) groups excluding carboxylic acids is 1. The van der Waals surface area contributed by atoms with Crippen molar-refractivity contribution < 1.29 is 18.6 Å². The molecule has 154 valence electrons. The van der Waals surface area contributed by atoms with Crippen molar-refractivity contribution in [3.63, 3.8) is 0 Å². The van der Waals surface area contributed by atoms with Gasteiger partial charge in [-0.3, -0.25) is 9.69 Å². The van der Waals surface area contributed by atoms with E-state index in [2.05, 4.69) is 25.1 Å². The van der Waals surface area contributed by atoms with Crippen LogP contribution in [0.15, 0.2) is 18.5 Å². The number of hydrogen-bond donors (Lipinski definition) is 1. The largest absolute Gasteiger partial charge is 1.00 e. The molecule has 2 heterocycles. The molecule has 4 bridgehead atoms. The third-order valence-electron chi connectivity index (χ3n) is 7.44. The number of aromatic nitrogens is 2. The van der Waals surface area contributed by atoms with Crippen LogP contribution in [0.1, 0.15) is 40.0 Å². The molecular weight excluding hydrogens is 374 g/mol. The van der Waals surface area contributed by atoms with E-state index in [4.69, 9.17) is 0 Å². The van der Waals surface area contributed by atoms with Crippen molar-refractivity contribution in [2.75, 3.05) is 44.2 Å².